The highest BCUT2D eigenvalue weighted by Gasteiger charge is 2.38. The molecule has 1 fully saturated rings. The zero-order chi connectivity index (χ0) is 18.1. The van der Waals surface area contributed by atoms with Gasteiger partial charge in [0.15, 0.2) is 0 Å². The highest BCUT2D eigenvalue weighted by atomic mass is 32.2. The second-order valence-electron chi connectivity index (χ2n) is 6.56. The molecular weight excluding hydrogens is 342 g/mol. The summed E-state index contributed by atoms with van der Waals surface area (Å²) in [5, 5.41) is 10.7. The minimum atomic E-state index is -0.143. The molecule has 130 valence electrons. The first-order chi connectivity index (χ1) is 12.7. The molecule has 2 aliphatic rings. The van der Waals surface area contributed by atoms with E-state index in [1.165, 1.54) is 0 Å². The lowest BCUT2D eigenvalue weighted by Crippen LogP contribution is -2.47. The Kier molecular flexibility index (Phi) is 4.44. The van der Waals surface area contributed by atoms with Gasteiger partial charge in [0, 0.05) is 18.0 Å². The van der Waals surface area contributed by atoms with Gasteiger partial charge in [0.1, 0.15) is 0 Å². The van der Waals surface area contributed by atoms with Crippen LogP contribution in [0.25, 0.3) is 0 Å². The van der Waals surface area contributed by atoms with E-state index in [1.807, 2.05) is 61.5 Å². The van der Waals surface area contributed by atoms with Crippen molar-refractivity contribution in [3.63, 3.8) is 0 Å². The highest BCUT2D eigenvalue weighted by Crippen LogP contribution is 2.43. The highest BCUT2D eigenvalue weighted by molar-refractivity contribution is 8.03. The maximum atomic E-state index is 12.9. The molecule has 0 saturated carbocycles. The van der Waals surface area contributed by atoms with Crippen molar-refractivity contribution in [2.24, 2.45) is 0 Å². The van der Waals surface area contributed by atoms with Gasteiger partial charge in [-0.1, -0.05) is 54.2 Å². The van der Waals surface area contributed by atoms with Crippen molar-refractivity contribution in [3.05, 3.63) is 76.3 Å². The Labute approximate surface area is 157 Å². The van der Waals surface area contributed by atoms with Crippen molar-refractivity contribution < 1.29 is 4.79 Å². The van der Waals surface area contributed by atoms with Crippen LogP contribution in [0.5, 0.6) is 0 Å². The molecule has 2 aromatic rings. The van der Waals surface area contributed by atoms with E-state index in [0.29, 0.717) is 13.1 Å². The lowest BCUT2D eigenvalue weighted by Gasteiger charge is -2.42. The standard InChI is InChI=1S/C21H19N3OS/c1-15-7-5-6-10-17(15)18-11-20(25)24-13-23(16-8-3-2-4-9-16)14-26-21(24)19(18)12-22/h2-10,18H,11,13-14H2,1H3. The van der Waals surface area contributed by atoms with Gasteiger partial charge in [-0.3, -0.25) is 9.69 Å². The number of hydrogen-bond donors (Lipinski definition) is 0. The molecular formula is C21H19N3OS. The zero-order valence-electron chi connectivity index (χ0n) is 14.6. The first-order valence-corrected chi connectivity index (χ1v) is 9.60. The minimum Gasteiger partial charge on any atom is -0.344 e. The Bertz CT molecular complexity index is 916. The third-order valence-electron chi connectivity index (χ3n) is 4.98. The Morgan fingerprint density at radius 2 is 1.85 bits per heavy atom. The van der Waals surface area contributed by atoms with Crippen LogP contribution in [-0.2, 0) is 4.79 Å². The third-order valence-corrected chi connectivity index (χ3v) is 6.13. The molecule has 0 bridgehead atoms. The number of hydrogen-bond acceptors (Lipinski definition) is 4. The molecule has 0 N–H and O–H groups in total. The Hall–Kier alpha value is -2.71. The van der Waals surface area contributed by atoms with E-state index < -0.39 is 0 Å². The molecule has 2 heterocycles. The van der Waals surface area contributed by atoms with Gasteiger partial charge in [0.05, 0.1) is 29.2 Å². The fraction of sp³-hybridized carbons (Fsp3) is 0.238. The fourth-order valence-electron chi connectivity index (χ4n) is 3.61. The number of fused-ring (bicyclic) bond motifs is 1. The summed E-state index contributed by atoms with van der Waals surface area (Å²) < 4.78 is 0. The van der Waals surface area contributed by atoms with Gasteiger partial charge >= 0.3 is 0 Å². The molecule has 0 aliphatic carbocycles. The average Bonchev–Trinajstić information content (AvgIpc) is 2.69. The molecule has 1 amide bonds. The first kappa shape index (κ1) is 16.7. The summed E-state index contributed by atoms with van der Waals surface area (Å²) in [7, 11) is 0. The number of allylic oxidation sites excluding steroid dienone is 1. The first-order valence-electron chi connectivity index (χ1n) is 8.62. The lowest BCUT2D eigenvalue weighted by molar-refractivity contribution is -0.129. The molecule has 26 heavy (non-hydrogen) atoms. The fourth-order valence-corrected chi connectivity index (χ4v) is 4.78. The second-order valence-corrected chi connectivity index (χ2v) is 7.49. The molecule has 2 aliphatic heterocycles. The van der Waals surface area contributed by atoms with Crippen LogP contribution in [0.4, 0.5) is 5.69 Å². The molecule has 4 rings (SSSR count). The van der Waals surface area contributed by atoms with E-state index in [0.717, 1.165) is 33.3 Å². The van der Waals surface area contributed by atoms with E-state index in [-0.39, 0.29) is 11.8 Å². The maximum absolute atomic E-state index is 12.9. The summed E-state index contributed by atoms with van der Waals surface area (Å²) in [6.07, 6.45) is 0.348. The number of nitrogens with zero attached hydrogens (tertiary/aromatic N) is 3. The Morgan fingerprint density at radius 3 is 2.58 bits per heavy atom. The number of para-hydroxylation sites is 1. The van der Waals surface area contributed by atoms with Gasteiger partial charge in [0.25, 0.3) is 0 Å². The number of amides is 1. The average molecular weight is 361 g/mol. The lowest BCUT2D eigenvalue weighted by atomic mass is 9.84. The van der Waals surface area contributed by atoms with Gasteiger partial charge < -0.3 is 4.90 Å². The van der Waals surface area contributed by atoms with Crippen LogP contribution >= 0.6 is 11.8 Å². The summed E-state index contributed by atoms with van der Waals surface area (Å²) >= 11 is 1.58. The van der Waals surface area contributed by atoms with Crippen LogP contribution in [0.15, 0.2) is 65.2 Å². The van der Waals surface area contributed by atoms with Gasteiger partial charge in [-0.25, -0.2) is 0 Å². The summed E-state index contributed by atoms with van der Waals surface area (Å²) in [4.78, 5) is 16.8. The third kappa shape index (κ3) is 2.87. The number of aryl methyl sites for hydroxylation is 1. The monoisotopic (exact) mass is 361 g/mol. The SMILES string of the molecule is Cc1ccccc1C1CC(=O)N2CN(c3ccccc3)CSC2=C1C#N. The van der Waals surface area contributed by atoms with Crippen LogP contribution in [0.2, 0.25) is 0 Å². The van der Waals surface area contributed by atoms with E-state index in [1.54, 1.807) is 16.7 Å². The molecule has 1 unspecified atom stereocenters. The van der Waals surface area contributed by atoms with E-state index in [2.05, 4.69) is 11.0 Å². The second kappa shape index (κ2) is 6.89. The normalized spacial score (nSPS) is 20.0. The molecule has 0 aromatic heterocycles. The number of thioether (sulfide) groups is 1. The Morgan fingerprint density at radius 1 is 1.12 bits per heavy atom. The Balaban J connectivity index is 1.70. The van der Waals surface area contributed by atoms with Crippen molar-refractivity contribution in [1.29, 1.82) is 5.26 Å². The van der Waals surface area contributed by atoms with Crippen LogP contribution in [0.1, 0.15) is 23.5 Å². The molecule has 4 nitrogen and oxygen atoms in total. The van der Waals surface area contributed by atoms with Gasteiger partial charge in [-0.15, -0.1) is 0 Å². The number of benzene rings is 2. The topological polar surface area (TPSA) is 47.3 Å². The van der Waals surface area contributed by atoms with Crippen LogP contribution < -0.4 is 4.90 Å². The molecule has 0 spiro atoms. The van der Waals surface area contributed by atoms with Crippen molar-refractivity contribution in [2.75, 3.05) is 17.4 Å². The number of carbonyl (C=O) groups is 1. The number of carbonyl (C=O) groups excluding carboxylic acids is 1. The smallest absolute Gasteiger partial charge is 0.229 e. The van der Waals surface area contributed by atoms with Crippen molar-refractivity contribution >= 4 is 23.4 Å². The van der Waals surface area contributed by atoms with E-state index >= 15 is 0 Å². The summed E-state index contributed by atoms with van der Waals surface area (Å²) in [6.45, 7) is 2.54. The molecule has 5 heteroatoms. The quantitative estimate of drug-likeness (QED) is 0.804. The van der Waals surface area contributed by atoms with Gasteiger partial charge in [0.2, 0.25) is 5.91 Å². The predicted molar refractivity (Wildman–Crippen MR) is 104 cm³/mol. The molecule has 2 aromatic carbocycles. The molecule has 1 atom stereocenters. The summed E-state index contributed by atoms with van der Waals surface area (Å²) in [6, 6.07) is 20.5. The van der Waals surface area contributed by atoms with Crippen LogP contribution in [-0.4, -0.2) is 23.4 Å². The maximum Gasteiger partial charge on any atom is 0.229 e. The number of rotatable bonds is 2. The van der Waals surface area contributed by atoms with Gasteiger partial charge in [-0.2, -0.15) is 5.26 Å². The minimum absolute atomic E-state index is 0.0837. The zero-order valence-corrected chi connectivity index (χ0v) is 15.4. The molecule has 1 saturated heterocycles. The summed E-state index contributed by atoms with van der Waals surface area (Å²) in [5.41, 5.74) is 4.01. The summed E-state index contributed by atoms with van der Waals surface area (Å²) in [5.74, 6) is 0.672. The van der Waals surface area contributed by atoms with Crippen LogP contribution in [0.3, 0.4) is 0 Å². The number of nitriles is 1. The van der Waals surface area contributed by atoms with Crippen LogP contribution in [0, 0.1) is 18.3 Å². The molecule has 0 radical (unpaired) electrons. The largest absolute Gasteiger partial charge is 0.344 e. The van der Waals surface area contributed by atoms with E-state index in [9.17, 15) is 10.1 Å². The predicted octanol–water partition coefficient (Wildman–Crippen LogP) is 4.21. The van der Waals surface area contributed by atoms with Crippen molar-refractivity contribution in [3.8, 4) is 6.07 Å². The van der Waals surface area contributed by atoms with Gasteiger partial charge in [-0.05, 0) is 30.2 Å². The van der Waals surface area contributed by atoms with Crippen molar-refractivity contribution in [1.82, 2.24) is 4.90 Å². The van der Waals surface area contributed by atoms with Crippen molar-refractivity contribution in [2.45, 2.75) is 19.3 Å². The van der Waals surface area contributed by atoms with E-state index in [4.69, 9.17) is 0 Å². The number of anilines is 1.